The zero-order chi connectivity index (χ0) is 12.0. The van der Waals surface area contributed by atoms with E-state index in [0.29, 0.717) is 0 Å². The molecule has 1 heterocycles. The Kier molecular flexibility index (Phi) is 4.46. The number of carboxylic acids is 1. The molecule has 0 saturated heterocycles. The molecule has 0 unspecified atom stereocenters. The molecule has 0 saturated carbocycles. The van der Waals surface area contributed by atoms with E-state index in [9.17, 15) is 9.59 Å². The van der Waals surface area contributed by atoms with Crippen LogP contribution >= 0.6 is 0 Å². The monoisotopic (exact) mass is 227 g/mol. The van der Waals surface area contributed by atoms with E-state index in [4.69, 9.17) is 10.2 Å². The number of rotatable bonds is 6. The summed E-state index contributed by atoms with van der Waals surface area (Å²) in [6, 6.07) is 1.70. The fourth-order valence-corrected chi connectivity index (χ4v) is 1.07. The SMILES string of the molecule is O=C(Cn1cccn1)NCC[C@H](O)C(=O)O. The maximum Gasteiger partial charge on any atom is 0.332 e. The van der Waals surface area contributed by atoms with Crippen molar-refractivity contribution in [3.63, 3.8) is 0 Å². The van der Waals surface area contributed by atoms with Gasteiger partial charge in [0.25, 0.3) is 0 Å². The molecule has 0 bridgehead atoms. The first kappa shape index (κ1) is 12.2. The van der Waals surface area contributed by atoms with Gasteiger partial charge in [-0.2, -0.15) is 5.10 Å². The topological polar surface area (TPSA) is 104 Å². The summed E-state index contributed by atoms with van der Waals surface area (Å²) in [4.78, 5) is 21.5. The number of aliphatic hydroxyl groups excluding tert-OH is 1. The van der Waals surface area contributed by atoms with Gasteiger partial charge in [-0.1, -0.05) is 0 Å². The van der Waals surface area contributed by atoms with Crippen molar-refractivity contribution < 1.29 is 19.8 Å². The maximum absolute atomic E-state index is 11.3. The van der Waals surface area contributed by atoms with Gasteiger partial charge in [0.05, 0.1) is 0 Å². The molecule has 0 aliphatic rings. The van der Waals surface area contributed by atoms with Crippen molar-refractivity contribution in [2.24, 2.45) is 0 Å². The lowest BCUT2D eigenvalue weighted by Gasteiger charge is -2.07. The highest BCUT2D eigenvalue weighted by Gasteiger charge is 2.12. The summed E-state index contributed by atoms with van der Waals surface area (Å²) in [5, 5.41) is 23.6. The first-order valence-corrected chi connectivity index (χ1v) is 4.74. The minimum Gasteiger partial charge on any atom is -0.479 e. The van der Waals surface area contributed by atoms with Crippen LogP contribution in [0.3, 0.4) is 0 Å². The Labute approximate surface area is 91.7 Å². The van der Waals surface area contributed by atoms with Gasteiger partial charge < -0.3 is 15.5 Å². The number of carbonyl (C=O) groups excluding carboxylic acids is 1. The largest absolute Gasteiger partial charge is 0.479 e. The normalized spacial score (nSPS) is 12.1. The summed E-state index contributed by atoms with van der Waals surface area (Å²) in [6.45, 7) is 0.198. The molecule has 0 radical (unpaired) electrons. The van der Waals surface area contributed by atoms with Gasteiger partial charge in [-0.15, -0.1) is 0 Å². The highest BCUT2D eigenvalue weighted by atomic mass is 16.4. The Morgan fingerprint density at radius 3 is 2.81 bits per heavy atom. The number of aliphatic carboxylic acids is 1. The molecule has 1 aromatic heterocycles. The summed E-state index contributed by atoms with van der Waals surface area (Å²) in [7, 11) is 0. The Morgan fingerprint density at radius 2 is 2.25 bits per heavy atom. The van der Waals surface area contributed by atoms with Crippen molar-refractivity contribution in [3.05, 3.63) is 18.5 Å². The van der Waals surface area contributed by atoms with E-state index in [1.165, 1.54) is 4.68 Å². The van der Waals surface area contributed by atoms with Gasteiger partial charge in [-0.3, -0.25) is 9.48 Å². The number of aliphatic hydroxyl groups is 1. The van der Waals surface area contributed by atoms with Crippen LogP contribution in [0.1, 0.15) is 6.42 Å². The second-order valence-corrected chi connectivity index (χ2v) is 3.20. The van der Waals surface area contributed by atoms with Crippen molar-refractivity contribution >= 4 is 11.9 Å². The third-order valence-corrected chi connectivity index (χ3v) is 1.89. The van der Waals surface area contributed by atoms with Gasteiger partial charge in [0.1, 0.15) is 6.54 Å². The molecule has 3 N–H and O–H groups in total. The highest BCUT2D eigenvalue weighted by molar-refractivity contribution is 5.75. The third-order valence-electron chi connectivity index (χ3n) is 1.89. The fourth-order valence-electron chi connectivity index (χ4n) is 1.07. The van der Waals surface area contributed by atoms with Crippen LogP contribution in [0.15, 0.2) is 18.5 Å². The number of nitrogens with one attached hydrogen (secondary N) is 1. The van der Waals surface area contributed by atoms with Crippen LogP contribution in [0.25, 0.3) is 0 Å². The van der Waals surface area contributed by atoms with Gasteiger partial charge in [-0.05, 0) is 6.07 Å². The highest BCUT2D eigenvalue weighted by Crippen LogP contribution is 1.90. The van der Waals surface area contributed by atoms with Crippen molar-refractivity contribution in [1.29, 1.82) is 0 Å². The fraction of sp³-hybridized carbons (Fsp3) is 0.444. The van der Waals surface area contributed by atoms with E-state index in [1.807, 2.05) is 0 Å². The van der Waals surface area contributed by atoms with Crippen LogP contribution < -0.4 is 5.32 Å². The predicted octanol–water partition coefficient (Wildman–Crippen LogP) is -1.17. The first-order valence-electron chi connectivity index (χ1n) is 4.74. The van der Waals surface area contributed by atoms with E-state index in [0.717, 1.165) is 0 Å². The molecular weight excluding hydrogens is 214 g/mol. The van der Waals surface area contributed by atoms with Gasteiger partial charge in [-0.25, -0.2) is 4.79 Å². The zero-order valence-electron chi connectivity index (χ0n) is 8.54. The van der Waals surface area contributed by atoms with Gasteiger partial charge in [0.15, 0.2) is 6.10 Å². The van der Waals surface area contributed by atoms with Crippen LogP contribution in [0.4, 0.5) is 0 Å². The predicted molar refractivity (Wildman–Crippen MR) is 53.5 cm³/mol. The van der Waals surface area contributed by atoms with Crippen LogP contribution in [-0.2, 0) is 16.1 Å². The quantitative estimate of drug-likeness (QED) is 0.568. The summed E-state index contributed by atoms with van der Waals surface area (Å²) in [5.41, 5.74) is 0. The van der Waals surface area contributed by atoms with Crippen molar-refractivity contribution in [2.75, 3.05) is 6.54 Å². The zero-order valence-corrected chi connectivity index (χ0v) is 8.54. The number of carboxylic acid groups (broad SMARTS) is 1. The average molecular weight is 227 g/mol. The van der Waals surface area contributed by atoms with Crippen molar-refractivity contribution in [1.82, 2.24) is 15.1 Å². The molecular formula is C9H13N3O4. The molecule has 0 fully saturated rings. The molecule has 0 aromatic carbocycles. The molecule has 1 amide bonds. The van der Waals surface area contributed by atoms with E-state index >= 15 is 0 Å². The minimum atomic E-state index is -1.44. The van der Waals surface area contributed by atoms with Crippen LogP contribution in [0.5, 0.6) is 0 Å². The minimum absolute atomic E-state index is 0.0137. The van der Waals surface area contributed by atoms with Crippen molar-refractivity contribution in [3.8, 4) is 0 Å². The smallest absolute Gasteiger partial charge is 0.332 e. The molecule has 0 spiro atoms. The number of hydrogen-bond donors (Lipinski definition) is 3. The number of carbonyl (C=O) groups is 2. The molecule has 1 aromatic rings. The van der Waals surface area contributed by atoms with Gasteiger partial charge in [0.2, 0.25) is 5.91 Å². The number of amides is 1. The van der Waals surface area contributed by atoms with Crippen LogP contribution in [-0.4, -0.2) is 44.5 Å². The lowest BCUT2D eigenvalue weighted by Crippen LogP contribution is -2.32. The number of nitrogens with zero attached hydrogens (tertiary/aromatic N) is 2. The lowest BCUT2D eigenvalue weighted by molar-refractivity contribution is -0.147. The molecule has 0 aliphatic carbocycles. The molecule has 88 valence electrons. The van der Waals surface area contributed by atoms with E-state index < -0.39 is 12.1 Å². The summed E-state index contributed by atoms with van der Waals surface area (Å²) in [5.74, 6) is -1.57. The Balaban J connectivity index is 2.18. The maximum atomic E-state index is 11.3. The average Bonchev–Trinajstić information content (AvgIpc) is 2.70. The third kappa shape index (κ3) is 4.09. The van der Waals surface area contributed by atoms with E-state index in [-0.39, 0.29) is 25.4 Å². The standard InChI is InChI=1S/C9H13N3O4/c13-7(9(15)16)2-4-10-8(14)6-12-5-1-3-11-12/h1,3,5,7,13H,2,4,6H2,(H,10,14)(H,15,16)/t7-/m0/s1. The summed E-state index contributed by atoms with van der Waals surface area (Å²) >= 11 is 0. The second-order valence-electron chi connectivity index (χ2n) is 3.20. The molecule has 1 rings (SSSR count). The molecule has 7 heteroatoms. The molecule has 1 atom stereocenters. The van der Waals surface area contributed by atoms with Crippen molar-refractivity contribution in [2.45, 2.75) is 19.1 Å². The first-order chi connectivity index (χ1) is 7.59. The number of hydrogen-bond acceptors (Lipinski definition) is 4. The van der Waals surface area contributed by atoms with Crippen LogP contribution in [0, 0.1) is 0 Å². The number of aromatic nitrogens is 2. The van der Waals surface area contributed by atoms with E-state index in [2.05, 4.69) is 10.4 Å². The summed E-state index contributed by atoms with van der Waals surface area (Å²) < 4.78 is 1.45. The molecule has 16 heavy (non-hydrogen) atoms. The lowest BCUT2D eigenvalue weighted by atomic mass is 10.2. The Hall–Kier alpha value is -1.89. The second kappa shape index (κ2) is 5.86. The van der Waals surface area contributed by atoms with Gasteiger partial charge >= 0.3 is 5.97 Å². The van der Waals surface area contributed by atoms with Gasteiger partial charge in [0, 0.05) is 25.4 Å². The Morgan fingerprint density at radius 1 is 1.50 bits per heavy atom. The summed E-state index contributed by atoms with van der Waals surface area (Å²) in [6.07, 6.45) is 1.75. The van der Waals surface area contributed by atoms with E-state index in [1.54, 1.807) is 18.5 Å². The molecule has 7 nitrogen and oxygen atoms in total. The van der Waals surface area contributed by atoms with Crippen LogP contribution in [0.2, 0.25) is 0 Å². The Bertz CT molecular complexity index is 350. The molecule has 0 aliphatic heterocycles.